The lowest BCUT2D eigenvalue weighted by molar-refractivity contribution is -0.139. The van der Waals surface area contributed by atoms with Crippen molar-refractivity contribution in [3.8, 4) is 0 Å². The molecule has 2 aromatic heterocycles. The number of rotatable bonds is 37. The fourth-order valence-electron chi connectivity index (χ4n) is 8.82. The Morgan fingerprint density at radius 2 is 1.55 bits per heavy atom. The van der Waals surface area contributed by atoms with E-state index in [0.29, 0.717) is 24.8 Å². The third-order valence-corrected chi connectivity index (χ3v) is 18.9. The normalized spacial score (nSPS) is 23.5. The maximum Gasteiger partial charge on any atom is 0.481 e. The lowest BCUT2D eigenvalue weighted by Gasteiger charge is -2.30. The smallest absolute Gasteiger partial charge is 0.383 e. The Labute approximate surface area is 484 Å². The van der Waals surface area contributed by atoms with Crippen LogP contribution in [-0.2, 0) is 74.6 Å². The number of phosphoric acid groups is 3. The van der Waals surface area contributed by atoms with Crippen molar-refractivity contribution in [3.05, 3.63) is 12.7 Å². The number of unbranched alkanes of at least 4 members (excludes halogenated alkanes) is 1. The number of carbonyl (C=O) groups is 7. The van der Waals surface area contributed by atoms with E-state index in [9.17, 15) is 71.9 Å². The Morgan fingerprint density at radius 1 is 0.880 bits per heavy atom. The van der Waals surface area contributed by atoms with Crippen LogP contribution in [0.4, 0.5) is 10.6 Å². The summed E-state index contributed by atoms with van der Waals surface area (Å²) in [6.45, 7) is 1.93. The number of nitrogen functional groups attached to an aromatic ring is 1. The van der Waals surface area contributed by atoms with Crippen LogP contribution in [0.2, 0.25) is 0 Å². The third kappa shape index (κ3) is 21.5. The molecule has 466 valence electrons. The van der Waals surface area contributed by atoms with Gasteiger partial charge in [-0.05, 0) is 12.8 Å². The number of aromatic nitrogens is 4. The molecule has 0 aliphatic carbocycles. The molecular formula is C44H71N12O22P3S2. The van der Waals surface area contributed by atoms with E-state index in [2.05, 4.69) is 51.2 Å². The summed E-state index contributed by atoms with van der Waals surface area (Å²) in [5.41, 5.74) is 4.51. The molecule has 0 spiro atoms. The number of carbonyl (C=O) groups excluding carboxylic acids is 7. The summed E-state index contributed by atoms with van der Waals surface area (Å²) in [7, 11) is -16.2. The van der Waals surface area contributed by atoms with E-state index in [1.165, 1.54) is 24.7 Å². The number of likely N-dealkylation sites (tertiary alicyclic amines) is 1. The van der Waals surface area contributed by atoms with Crippen LogP contribution in [0.25, 0.3) is 11.2 Å². The van der Waals surface area contributed by atoms with Gasteiger partial charge >= 0.3 is 29.5 Å². The number of thioether (sulfide) groups is 2. The van der Waals surface area contributed by atoms with Crippen molar-refractivity contribution in [2.24, 2.45) is 5.41 Å². The molecule has 0 saturated carbocycles. The molecule has 10 atom stereocenters. The van der Waals surface area contributed by atoms with Gasteiger partial charge in [0.2, 0.25) is 35.4 Å². The van der Waals surface area contributed by atoms with Crippen LogP contribution in [0.3, 0.4) is 0 Å². The molecule has 4 aliphatic rings. The molecule has 83 heavy (non-hydrogen) atoms. The number of fused-ring (bicyclic) bond motifs is 2. The number of aliphatic hydroxyl groups excluding tert-OH is 1. The Kier molecular flexibility index (Phi) is 25.5. The van der Waals surface area contributed by atoms with Crippen LogP contribution in [-0.4, -0.2) is 215 Å². The third-order valence-electron chi connectivity index (χ3n) is 13.1. The summed E-state index contributed by atoms with van der Waals surface area (Å²) in [6, 6.07) is 0.231. The molecule has 13 N–H and O–H groups in total. The average molecular weight is 1280 g/mol. The van der Waals surface area contributed by atoms with Crippen molar-refractivity contribution in [3.63, 3.8) is 0 Å². The number of nitrogens with zero attached hydrogens (tertiary/aromatic N) is 5. The topological polar surface area (TPSA) is 481 Å². The number of ether oxygens (including phenoxy) is 3. The van der Waals surface area contributed by atoms with Gasteiger partial charge in [0.05, 0.1) is 63.3 Å². The summed E-state index contributed by atoms with van der Waals surface area (Å²) in [4.78, 5) is 139. The van der Waals surface area contributed by atoms with Crippen molar-refractivity contribution in [2.45, 2.75) is 112 Å². The number of nitrogens with one attached hydrogen (secondary N) is 6. The minimum absolute atomic E-state index is 0.0239. The first-order chi connectivity index (χ1) is 39.2. The van der Waals surface area contributed by atoms with Crippen molar-refractivity contribution in [2.75, 3.05) is 89.6 Å². The van der Waals surface area contributed by atoms with E-state index in [1.54, 1.807) is 0 Å². The molecule has 4 unspecified atom stereocenters. The highest BCUT2D eigenvalue weighted by atomic mass is 32.2. The number of amides is 8. The number of hydrogen-bond donors (Lipinski definition) is 12. The first-order valence-corrected chi connectivity index (χ1v) is 32.9. The van der Waals surface area contributed by atoms with Crippen LogP contribution >= 0.6 is 47.0 Å². The van der Waals surface area contributed by atoms with Crippen LogP contribution in [0.1, 0.15) is 71.4 Å². The first kappa shape index (κ1) is 67.7. The number of aliphatic hydroxyl groups is 1. The Morgan fingerprint density at radius 3 is 2.27 bits per heavy atom. The standard InChI is InChI=1S/C44H71N12O22P3S2/c1-44(2,23-75-81(70,71)78-80(68,69)74-21-28-27(77-79(65,66)67)19-35(76-28)56-25-52-37-39(45)50-24-51-40(37)56)38(61)41(62)49-9-7-32(58)48-12-18-82-30-20-34(60)55(42(30)63)13-8-33(59)47-11-15-73-17-16-72-14-10-46-31(57)6-4-3-5-29-36-26(22-83-29)53-43(64)54-36/h24-30,35-36,38,61H,3-23H2,1-2H3,(H,46,57)(H,47,59)(H,48,58)(H,49,62)(H,68,69)(H,70,71)(H2,45,50,51)(H2,53,54,64)(H2,65,66,67)/t26-,27-,28+,29-,30?,35+,36-,38?/m0/s1. The molecule has 4 aliphatic heterocycles. The van der Waals surface area contributed by atoms with E-state index in [-0.39, 0.29) is 124 Å². The highest BCUT2D eigenvalue weighted by molar-refractivity contribution is 8.00. The highest BCUT2D eigenvalue weighted by Gasteiger charge is 2.46. The second-order valence-electron chi connectivity index (χ2n) is 19.9. The zero-order valence-electron chi connectivity index (χ0n) is 45.3. The quantitative estimate of drug-likeness (QED) is 0.0161. The average Bonchev–Trinajstić information content (AvgIpc) is 4.41. The fourth-order valence-corrected chi connectivity index (χ4v) is 14.2. The van der Waals surface area contributed by atoms with Gasteiger partial charge in [-0.1, -0.05) is 20.3 Å². The Balaban J connectivity index is 0.759. The number of hydrogen-bond acceptors (Lipinski definition) is 24. The Hall–Kier alpha value is -4.45. The molecule has 0 radical (unpaired) electrons. The minimum Gasteiger partial charge on any atom is -0.383 e. The molecule has 6 rings (SSSR count). The van der Waals surface area contributed by atoms with Gasteiger partial charge in [0.1, 0.15) is 36.4 Å². The minimum atomic E-state index is -5.53. The van der Waals surface area contributed by atoms with E-state index in [1.807, 2.05) is 11.8 Å². The molecule has 4 fully saturated rings. The van der Waals surface area contributed by atoms with Crippen molar-refractivity contribution >= 4 is 105 Å². The summed E-state index contributed by atoms with van der Waals surface area (Å²) in [5.74, 6) is -1.69. The molecule has 8 amide bonds. The lowest BCUT2D eigenvalue weighted by Crippen LogP contribution is -2.46. The Bertz CT molecular complexity index is 2750. The molecule has 34 nitrogen and oxygen atoms in total. The largest absolute Gasteiger partial charge is 0.481 e. The molecule has 0 aromatic carbocycles. The van der Waals surface area contributed by atoms with E-state index in [4.69, 9.17) is 33.5 Å². The first-order valence-electron chi connectivity index (χ1n) is 26.2. The van der Waals surface area contributed by atoms with Crippen LogP contribution in [0, 0.1) is 5.41 Å². The van der Waals surface area contributed by atoms with Crippen molar-refractivity contribution in [1.29, 1.82) is 0 Å². The van der Waals surface area contributed by atoms with E-state index < -0.39 is 95.5 Å². The summed E-state index contributed by atoms with van der Waals surface area (Å²) >= 11 is 2.99. The van der Waals surface area contributed by atoms with Gasteiger partial charge in [-0.25, -0.2) is 33.4 Å². The SMILES string of the molecule is CC(C)(COP(=O)(O)OP(=O)(O)OC[C@H]1O[C@@H](n2cnc3c(N)ncnc32)C[C@@H]1OP(=O)(O)O)C(O)C(=O)NCCC(=O)NCCSC1CC(=O)N(CCC(=O)NCCOCCOCCNC(=O)CCCC[C@@H]2SC[C@@H]3NC(=O)N[C@@H]32)C1=O. The van der Waals surface area contributed by atoms with Gasteiger partial charge in [0.15, 0.2) is 11.5 Å². The van der Waals surface area contributed by atoms with Gasteiger partial charge in [-0.15, -0.1) is 11.8 Å². The monoisotopic (exact) mass is 1280 g/mol. The van der Waals surface area contributed by atoms with Crippen molar-refractivity contribution in [1.82, 2.24) is 56.3 Å². The second kappa shape index (κ2) is 31.3. The molecule has 39 heteroatoms. The number of anilines is 1. The molecule has 0 bridgehead atoms. The maximum absolute atomic E-state index is 12.9. The summed E-state index contributed by atoms with van der Waals surface area (Å²) in [5, 5.41) is 26.7. The number of nitrogens with two attached hydrogens (primary N) is 1. The maximum atomic E-state index is 12.9. The van der Waals surface area contributed by atoms with Gasteiger partial charge in [-0.3, -0.25) is 51.8 Å². The lowest BCUT2D eigenvalue weighted by atomic mass is 9.87. The number of phosphoric ester groups is 3. The van der Waals surface area contributed by atoms with Gasteiger partial charge in [0.25, 0.3) is 0 Å². The van der Waals surface area contributed by atoms with Crippen LogP contribution < -0.4 is 37.6 Å². The highest BCUT2D eigenvalue weighted by Crippen LogP contribution is 2.61. The van der Waals surface area contributed by atoms with Gasteiger partial charge in [-0.2, -0.15) is 16.1 Å². The second-order valence-corrected chi connectivity index (χ2v) is 26.8. The van der Waals surface area contributed by atoms with E-state index in [0.717, 1.165) is 48.0 Å². The zero-order valence-corrected chi connectivity index (χ0v) is 49.6. The van der Waals surface area contributed by atoms with Crippen molar-refractivity contribution < 1.29 is 104 Å². The molecule has 6 heterocycles. The summed E-state index contributed by atoms with van der Waals surface area (Å²) in [6.07, 6.45) is -1.28. The number of imidazole rings is 1. The summed E-state index contributed by atoms with van der Waals surface area (Å²) < 4.78 is 74.1. The number of urea groups is 1. The van der Waals surface area contributed by atoms with Gasteiger partial charge in [0, 0.05) is 87.0 Å². The fraction of sp³-hybridized carbons (Fsp3) is 0.727. The zero-order chi connectivity index (χ0) is 60.5. The predicted octanol–water partition coefficient (Wildman–Crippen LogP) is -1.32. The predicted molar refractivity (Wildman–Crippen MR) is 292 cm³/mol. The molecule has 2 aromatic rings. The van der Waals surface area contributed by atoms with E-state index >= 15 is 0 Å². The molecule has 4 saturated heterocycles. The number of imide groups is 1. The van der Waals surface area contributed by atoms with Gasteiger partial charge < -0.3 is 76.5 Å². The van der Waals surface area contributed by atoms with Crippen LogP contribution in [0.5, 0.6) is 0 Å². The molecular weight excluding hydrogens is 1210 g/mol. The van der Waals surface area contributed by atoms with Crippen LogP contribution in [0.15, 0.2) is 12.7 Å².